The van der Waals surface area contributed by atoms with E-state index in [0.717, 1.165) is 17.7 Å². The first-order valence-electron chi connectivity index (χ1n) is 8.99. The van der Waals surface area contributed by atoms with Crippen molar-refractivity contribution in [1.82, 2.24) is 14.8 Å². The number of thiophene rings is 1. The Hall–Kier alpha value is -2.67. The van der Waals surface area contributed by atoms with Crippen LogP contribution in [0.3, 0.4) is 0 Å². The molecule has 1 fully saturated rings. The van der Waals surface area contributed by atoms with E-state index in [1.54, 1.807) is 47.7 Å². The molecule has 0 saturated carbocycles. The monoisotopic (exact) mass is 385 g/mol. The van der Waals surface area contributed by atoms with E-state index in [9.17, 15) is 14.4 Å². The summed E-state index contributed by atoms with van der Waals surface area (Å²) in [6.07, 6.45) is 6.62. The molecule has 2 aromatic heterocycles. The number of carbonyl (C=O) groups excluding carboxylic acids is 2. The number of nitrogens with zero attached hydrogens (tertiary/aromatic N) is 2. The van der Waals surface area contributed by atoms with Gasteiger partial charge in [-0.25, -0.2) is 0 Å². The second-order valence-corrected chi connectivity index (χ2v) is 7.65. The number of piperidine rings is 1. The van der Waals surface area contributed by atoms with Gasteiger partial charge >= 0.3 is 0 Å². The molecule has 1 N–H and O–H groups in total. The van der Waals surface area contributed by atoms with Crippen molar-refractivity contribution in [3.8, 4) is 0 Å². The normalized spacial score (nSPS) is 15.2. The van der Waals surface area contributed by atoms with E-state index < -0.39 is 0 Å². The average Bonchev–Trinajstić information content (AvgIpc) is 3.20. The number of amides is 2. The minimum atomic E-state index is -0.269. The number of rotatable bonds is 5. The van der Waals surface area contributed by atoms with Crippen LogP contribution in [0.1, 0.15) is 28.1 Å². The Morgan fingerprint density at radius 1 is 1.26 bits per heavy atom. The number of carbonyl (C=O) groups is 2. The molecule has 0 bridgehead atoms. The van der Waals surface area contributed by atoms with Crippen LogP contribution in [0.2, 0.25) is 0 Å². The summed E-state index contributed by atoms with van der Waals surface area (Å²) in [5.41, 5.74) is -0.0557. The zero-order valence-corrected chi connectivity index (χ0v) is 16.1. The van der Waals surface area contributed by atoms with Crippen molar-refractivity contribution in [2.24, 2.45) is 13.0 Å². The molecular formula is C20H23N3O3S. The summed E-state index contributed by atoms with van der Waals surface area (Å²) in [4.78, 5) is 39.4. The number of pyridine rings is 1. The van der Waals surface area contributed by atoms with Crippen LogP contribution in [-0.4, -0.2) is 40.9 Å². The second-order valence-electron chi connectivity index (χ2n) is 6.67. The second kappa shape index (κ2) is 8.81. The molecule has 3 rings (SSSR count). The van der Waals surface area contributed by atoms with Gasteiger partial charge in [0.25, 0.3) is 11.5 Å². The fourth-order valence-corrected chi connectivity index (χ4v) is 3.74. The van der Waals surface area contributed by atoms with Gasteiger partial charge < -0.3 is 14.8 Å². The molecule has 0 aliphatic carbocycles. The fraction of sp³-hybridized carbons (Fsp3) is 0.350. The van der Waals surface area contributed by atoms with Gasteiger partial charge in [-0.05, 0) is 48.4 Å². The molecule has 0 radical (unpaired) electrons. The van der Waals surface area contributed by atoms with Gasteiger partial charge in [-0.3, -0.25) is 14.4 Å². The van der Waals surface area contributed by atoms with Gasteiger partial charge in [-0.15, -0.1) is 11.3 Å². The SMILES string of the molecule is Cn1cccc(C(=O)N2CCC(CNC(=O)/C=C/c3cccs3)CC2)c1=O. The van der Waals surface area contributed by atoms with Crippen LogP contribution in [0.25, 0.3) is 6.08 Å². The number of nitrogens with one attached hydrogen (secondary N) is 1. The summed E-state index contributed by atoms with van der Waals surface area (Å²) in [7, 11) is 1.64. The van der Waals surface area contributed by atoms with Crippen LogP contribution in [-0.2, 0) is 11.8 Å². The van der Waals surface area contributed by atoms with Crippen molar-refractivity contribution in [3.05, 3.63) is 62.7 Å². The standard InChI is InChI=1S/C20H23N3O3S/c1-22-10-2-5-17(19(22)25)20(26)23-11-8-15(9-12-23)14-21-18(24)7-6-16-4-3-13-27-16/h2-7,10,13,15H,8-9,11-12,14H2,1H3,(H,21,24)/b7-6+. The highest BCUT2D eigenvalue weighted by molar-refractivity contribution is 7.10. The zero-order valence-electron chi connectivity index (χ0n) is 15.3. The highest BCUT2D eigenvalue weighted by atomic mass is 32.1. The molecule has 2 amide bonds. The van der Waals surface area contributed by atoms with Crippen molar-refractivity contribution >= 4 is 29.2 Å². The van der Waals surface area contributed by atoms with Gasteiger partial charge in [0.2, 0.25) is 5.91 Å². The van der Waals surface area contributed by atoms with Gasteiger partial charge in [0.1, 0.15) is 5.56 Å². The van der Waals surface area contributed by atoms with Crippen LogP contribution in [0, 0.1) is 5.92 Å². The average molecular weight is 385 g/mol. The van der Waals surface area contributed by atoms with Crippen LogP contribution in [0.4, 0.5) is 0 Å². The summed E-state index contributed by atoms with van der Waals surface area (Å²) >= 11 is 1.59. The van der Waals surface area contributed by atoms with Gasteiger partial charge in [0.05, 0.1) is 0 Å². The summed E-state index contributed by atoms with van der Waals surface area (Å²) in [5.74, 6) is 0.0269. The first-order valence-corrected chi connectivity index (χ1v) is 9.87. The maximum atomic E-state index is 12.6. The van der Waals surface area contributed by atoms with E-state index >= 15 is 0 Å². The number of likely N-dealkylation sites (tertiary alicyclic amines) is 1. The smallest absolute Gasteiger partial charge is 0.263 e. The van der Waals surface area contributed by atoms with Gasteiger partial charge in [-0.2, -0.15) is 0 Å². The van der Waals surface area contributed by atoms with E-state index in [2.05, 4.69) is 5.32 Å². The number of hydrogen-bond donors (Lipinski definition) is 1. The Bertz CT molecular complexity index is 878. The third-order valence-corrected chi connectivity index (χ3v) is 5.60. The molecule has 27 heavy (non-hydrogen) atoms. The Kier molecular flexibility index (Phi) is 6.24. The van der Waals surface area contributed by atoms with Crippen molar-refractivity contribution < 1.29 is 9.59 Å². The van der Waals surface area contributed by atoms with E-state index in [1.807, 2.05) is 23.6 Å². The maximum Gasteiger partial charge on any atom is 0.263 e. The van der Waals surface area contributed by atoms with Gasteiger partial charge in [0.15, 0.2) is 0 Å². The van der Waals surface area contributed by atoms with Crippen molar-refractivity contribution in [1.29, 1.82) is 0 Å². The van der Waals surface area contributed by atoms with Crippen LogP contribution >= 0.6 is 11.3 Å². The molecule has 1 aliphatic heterocycles. The summed E-state index contributed by atoms with van der Waals surface area (Å²) in [6, 6.07) is 7.20. The molecule has 1 saturated heterocycles. The van der Waals surface area contributed by atoms with Crippen molar-refractivity contribution in [2.45, 2.75) is 12.8 Å². The van der Waals surface area contributed by atoms with Crippen LogP contribution < -0.4 is 10.9 Å². The summed E-state index contributed by atoms with van der Waals surface area (Å²) in [6.45, 7) is 1.80. The Balaban J connectivity index is 1.46. The lowest BCUT2D eigenvalue weighted by atomic mass is 9.96. The van der Waals surface area contributed by atoms with E-state index in [4.69, 9.17) is 0 Å². The molecule has 1 aliphatic rings. The molecule has 2 aromatic rings. The van der Waals surface area contributed by atoms with Gasteiger partial charge in [0, 0.05) is 43.8 Å². The number of aryl methyl sites for hydroxylation is 1. The molecule has 142 valence electrons. The minimum Gasteiger partial charge on any atom is -0.352 e. The topological polar surface area (TPSA) is 71.4 Å². The van der Waals surface area contributed by atoms with Crippen molar-refractivity contribution in [3.63, 3.8) is 0 Å². The predicted molar refractivity (Wildman–Crippen MR) is 107 cm³/mol. The number of aromatic nitrogens is 1. The Morgan fingerprint density at radius 2 is 2.04 bits per heavy atom. The lowest BCUT2D eigenvalue weighted by molar-refractivity contribution is -0.116. The summed E-state index contributed by atoms with van der Waals surface area (Å²) < 4.78 is 1.42. The summed E-state index contributed by atoms with van der Waals surface area (Å²) in [5, 5.41) is 4.90. The zero-order chi connectivity index (χ0) is 19.2. The van der Waals surface area contributed by atoms with Crippen LogP contribution in [0.5, 0.6) is 0 Å². The minimum absolute atomic E-state index is 0.102. The highest BCUT2D eigenvalue weighted by Crippen LogP contribution is 2.18. The van der Waals surface area contributed by atoms with E-state index in [1.165, 1.54) is 4.57 Å². The number of hydrogen-bond acceptors (Lipinski definition) is 4. The quantitative estimate of drug-likeness (QED) is 0.802. The first-order chi connectivity index (χ1) is 13.0. The lowest BCUT2D eigenvalue weighted by Crippen LogP contribution is -2.43. The lowest BCUT2D eigenvalue weighted by Gasteiger charge is -2.32. The largest absolute Gasteiger partial charge is 0.352 e. The van der Waals surface area contributed by atoms with E-state index in [0.29, 0.717) is 25.6 Å². The molecule has 6 nitrogen and oxygen atoms in total. The third-order valence-electron chi connectivity index (χ3n) is 4.76. The molecule has 0 aromatic carbocycles. The molecule has 0 spiro atoms. The predicted octanol–water partition coefficient (Wildman–Crippen LogP) is 2.13. The van der Waals surface area contributed by atoms with E-state index in [-0.39, 0.29) is 22.9 Å². The van der Waals surface area contributed by atoms with Crippen LogP contribution in [0.15, 0.2) is 46.7 Å². The maximum absolute atomic E-state index is 12.6. The van der Waals surface area contributed by atoms with Crippen molar-refractivity contribution in [2.75, 3.05) is 19.6 Å². The fourth-order valence-electron chi connectivity index (χ4n) is 3.12. The highest BCUT2D eigenvalue weighted by Gasteiger charge is 2.25. The van der Waals surface area contributed by atoms with Gasteiger partial charge in [-0.1, -0.05) is 6.07 Å². The molecule has 7 heteroatoms. The first kappa shape index (κ1) is 19.1. The third kappa shape index (κ3) is 4.95. The Labute approximate surface area is 162 Å². The Morgan fingerprint density at radius 3 is 2.74 bits per heavy atom. The molecule has 0 atom stereocenters. The molecule has 0 unspecified atom stereocenters. The molecule has 3 heterocycles. The molecular weight excluding hydrogens is 362 g/mol.